The summed E-state index contributed by atoms with van der Waals surface area (Å²) in [6, 6.07) is 3.14. The lowest BCUT2D eigenvalue weighted by Crippen LogP contribution is -2.04. The van der Waals surface area contributed by atoms with Crippen molar-refractivity contribution >= 4 is 0 Å². The first kappa shape index (κ1) is 12.1. The topological polar surface area (TPSA) is 35.2 Å². The first-order valence-electron chi connectivity index (χ1n) is 4.85. The summed E-state index contributed by atoms with van der Waals surface area (Å²) >= 11 is 0. The van der Waals surface area contributed by atoms with Gasteiger partial charge in [0.2, 0.25) is 0 Å². The Labute approximate surface area is 88.0 Å². The lowest BCUT2D eigenvalue weighted by molar-refractivity contribution is 0.180. The van der Waals surface area contributed by atoms with Crippen molar-refractivity contribution in [3.05, 3.63) is 34.9 Å². The molecule has 1 rings (SSSR count). The number of halogens is 2. The predicted molar refractivity (Wildman–Crippen MR) is 54.4 cm³/mol. The van der Waals surface area contributed by atoms with Crippen molar-refractivity contribution in [1.82, 2.24) is 0 Å². The maximum Gasteiger partial charge on any atom is 0.164 e. The van der Waals surface area contributed by atoms with Crippen molar-refractivity contribution in [1.29, 1.82) is 0 Å². The first-order valence-corrected chi connectivity index (χ1v) is 4.85. The molecule has 0 fully saturated rings. The van der Waals surface area contributed by atoms with E-state index in [9.17, 15) is 8.78 Å². The molecule has 0 amide bonds. The standard InChI is InChI=1S/C11H15F2NO/c1-15-7-9-5-4-8(3-2-6-14)10(12)11(9)13/h4-5H,2-3,6-7,14H2,1H3. The largest absolute Gasteiger partial charge is 0.380 e. The zero-order valence-electron chi connectivity index (χ0n) is 8.72. The van der Waals surface area contributed by atoms with Gasteiger partial charge in [-0.15, -0.1) is 0 Å². The predicted octanol–water partition coefficient (Wildman–Crippen LogP) is 2.00. The summed E-state index contributed by atoms with van der Waals surface area (Å²) in [6.07, 6.45) is 1.12. The van der Waals surface area contributed by atoms with Crippen molar-refractivity contribution in [3.8, 4) is 0 Å². The normalized spacial score (nSPS) is 10.7. The summed E-state index contributed by atoms with van der Waals surface area (Å²) < 4.78 is 31.6. The lowest BCUT2D eigenvalue weighted by Gasteiger charge is -2.07. The number of methoxy groups -OCH3 is 1. The average molecular weight is 215 g/mol. The average Bonchev–Trinajstić information content (AvgIpc) is 2.24. The van der Waals surface area contributed by atoms with Gasteiger partial charge in [0.05, 0.1) is 6.61 Å². The first-order chi connectivity index (χ1) is 7.20. The van der Waals surface area contributed by atoms with Crippen LogP contribution in [0.2, 0.25) is 0 Å². The molecule has 1 aromatic rings. The molecule has 0 radical (unpaired) electrons. The third kappa shape index (κ3) is 2.97. The van der Waals surface area contributed by atoms with Gasteiger partial charge in [-0.2, -0.15) is 0 Å². The molecule has 0 aliphatic carbocycles. The summed E-state index contributed by atoms with van der Waals surface area (Å²) in [5.74, 6) is -1.59. The van der Waals surface area contributed by atoms with E-state index in [-0.39, 0.29) is 12.2 Å². The summed E-state index contributed by atoms with van der Waals surface area (Å²) in [5.41, 5.74) is 5.92. The molecule has 0 spiro atoms. The second-order valence-electron chi connectivity index (χ2n) is 3.34. The Morgan fingerprint density at radius 1 is 1.20 bits per heavy atom. The number of ether oxygens (including phenoxy) is 1. The van der Waals surface area contributed by atoms with Crippen molar-refractivity contribution in [3.63, 3.8) is 0 Å². The highest BCUT2D eigenvalue weighted by atomic mass is 19.2. The van der Waals surface area contributed by atoms with Crippen LogP contribution in [0.3, 0.4) is 0 Å². The lowest BCUT2D eigenvalue weighted by atomic mass is 10.1. The van der Waals surface area contributed by atoms with Crippen LogP contribution >= 0.6 is 0 Å². The minimum Gasteiger partial charge on any atom is -0.380 e. The van der Waals surface area contributed by atoms with Crippen LogP contribution in [-0.2, 0) is 17.8 Å². The van der Waals surface area contributed by atoms with Crippen LogP contribution in [-0.4, -0.2) is 13.7 Å². The Bertz CT molecular complexity index is 329. The van der Waals surface area contributed by atoms with Crippen LogP contribution in [0.4, 0.5) is 8.78 Å². The van der Waals surface area contributed by atoms with Crippen LogP contribution < -0.4 is 5.73 Å². The summed E-state index contributed by atoms with van der Waals surface area (Å²) in [4.78, 5) is 0. The zero-order valence-corrected chi connectivity index (χ0v) is 8.72. The van der Waals surface area contributed by atoms with Gasteiger partial charge in [-0.05, 0) is 24.9 Å². The molecular weight excluding hydrogens is 200 g/mol. The molecule has 0 aliphatic rings. The monoisotopic (exact) mass is 215 g/mol. The molecule has 0 heterocycles. The highest BCUT2D eigenvalue weighted by Crippen LogP contribution is 2.18. The third-order valence-corrected chi connectivity index (χ3v) is 2.19. The molecule has 0 atom stereocenters. The molecule has 0 aliphatic heterocycles. The number of benzene rings is 1. The molecule has 0 saturated heterocycles. The van der Waals surface area contributed by atoms with E-state index in [0.29, 0.717) is 24.9 Å². The number of nitrogens with two attached hydrogens (primary N) is 1. The highest BCUT2D eigenvalue weighted by Gasteiger charge is 2.12. The molecular formula is C11H15F2NO. The summed E-state index contributed by atoms with van der Waals surface area (Å²) in [5, 5.41) is 0. The van der Waals surface area contributed by atoms with E-state index < -0.39 is 11.6 Å². The van der Waals surface area contributed by atoms with E-state index in [1.165, 1.54) is 7.11 Å². The number of hydrogen-bond acceptors (Lipinski definition) is 2. The smallest absolute Gasteiger partial charge is 0.164 e. The van der Waals surface area contributed by atoms with Gasteiger partial charge in [-0.25, -0.2) is 8.78 Å². The van der Waals surface area contributed by atoms with Crippen LogP contribution in [0.1, 0.15) is 17.5 Å². The van der Waals surface area contributed by atoms with Crippen molar-refractivity contribution in [2.24, 2.45) is 5.73 Å². The molecule has 0 aromatic heterocycles. The molecule has 1 aromatic carbocycles. The number of rotatable bonds is 5. The zero-order chi connectivity index (χ0) is 11.3. The molecule has 2 nitrogen and oxygen atoms in total. The molecule has 0 unspecified atom stereocenters. The van der Waals surface area contributed by atoms with E-state index in [4.69, 9.17) is 10.5 Å². The van der Waals surface area contributed by atoms with E-state index in [0.717, 1.165) is 0 Å². The van der Waals surface area contributed by atoms with Gasteiger partial charge in [-0.3, -0.25) is 0 Å². The molecule has 84 valence electrons. The Morgan fingerprint density at radius 2 is 1.80 bits per heavy atom. The molecule has 0 bridgehead atoms. The van der Waals surface area contributed by atoms with Gasteiger partial charge in [0.25, 0.3) is 0 Å². The molecule has 2 N–H and O–H groups in total. The van der Waals surface area contributed by atoms with Crippen LogP contribution in [0, 0.1) is 11.6 Å². The molecule has 15 heavy (non-hydrogen) atoms. The summed E-state index contributed by atoms with van der Waals surface area (Å²) in [7, 11) is 1.44. The minimum atomic E-state index is -0.814. The Hall–Kier alpha value is -1.00. The van der Waals surface area contributed by atoms with Crippen LogP contribution in [0.25, 0.3) is 0 Å². The van der Waals surface area contributed by atoms with Crippen molar-refractivity contribution < 1.29 is 13.5 Å². The number of hydrogen-bond donors (Lipinski definition) is 1. The van der Waals surface area contributed by atoms with Crippen LogP contribution in [0.15, 0.2) is 12.1 Å². The van der Waals surface area contributed by atoms with Gasteiger partial charge >= 0.3 is 0 Å². The van der Waals surface area contributed by atoms with E-state index >= 15 is 0 Å². The maximum absolute atomic E-state index is 13.4. The SMILES string of the molecule is COCc1ccc(CCCN)c(F)c1F. The summed E-state index contributed by atoms with van der Waals surface area (Å²) in [6.45, 7) is 0.556. The molecule has 0 saturated carbocycles. The Morgan fingerprint density at radius 3 is 2.40 bits per heavy atom. The van der Waals surface area contributed by atoms with Gasteiger partial charge in [-0.1, -0.05) is 12.1 Å². The van der Waals surface area contributed by atoms with Crippen LogP contribution in [0.5, 0.6) is 0 Å². The maximum atomic E-state index is 13.4. The number of aryl methyl sites for hydroxylation is 1. The van der Waals surface area contributed by atoms with Gasteiger partial charge in [0.15, 0.2) is 11.6 Å². The van der Waals surface area contributed by atoms with Crippen molar-refractivity contribution in [2.45, 2.75) is 19.4 Å². The van der Waals surface area contributed by atoms with Crippen molar-refractivity contribution in [2.75, 3.05) is 13.7 Å². The fourth-order valence-electron chi connectivity index (χ4n) is 1.38. The second kappa shape index (κ2) is 5.78. The fourth-order valence-corrected chi connectivity index (χ4v) is 1.38. The third-order valence-electron chi connectivity index (χ3n) is 2.19. The fraction of sp³-hybridized carbons (Fsp3) is 0.455. The Kier molecular flexibility index (Phi) is 4.65. The molecule has 4 heteroatoms. The van der Waals surface area contributed by atoms with E-state index in [1.807, 2.05) is 0 Å². The van der Waals surface area contributed by atoms with E-state index in [1.54, 1.807) is 12.1 Å². The van der Waals surface area contributed by atoms with Gasteiger partial charge < -0.3 is 10.5 Å². The van der Waals surface area contributed by atoms with Gasteiger partial charge in [0, 0.05) is 12.7 Å². The highest BCUT2D eigenvalue weighted by molar-refractivity contribution is 5.26. The minimum absolute atomic E-state index is 0.0833. The Balaban J connectivity index is 2.88. The quantitative estimate of drug-likeness (QED) is 0.815. The van der Waals surface area contributed by atoms with Gasteiger partial charge in [0.1, 0.15) is 0 Å². The van der Waals surface area contributed by atoms with E-state index in [2.05, 4.69) is 0 Å². The second-order valence-corrected chi connectivity index (χ2v) is 3.34.